The second-order valence-corrected chi connectivity index (χ2v) is 4.72. The Morgan fingerprint density at radius 3 is 2.18 bits per heavy atom. The van der Waals surface area contributed by atoms with Crippen molar-refractivity contribution in [3.63, 3.8) is 0 Å². The Hall–Kier alpha value is -1.96. The average molecular weight is 339 g/mol. The van der Waals surface area contributed by atoms with E-state index in [0.29, 0.717) is 5.02 Å². The number of esters is 1. The summed E-state index contributed by atoms with van der Waals surface area (Å²) in [7, 11) is 0. The average Bonchev–Trinajstić information content (AvgIpc) is 2.39. The van der Waals surface area contributed by atoms with Gasteiger partial charge in [-0.05, 0) is 31.2 Å². The van der Waals surface area contributed by atoms with Gasteiger partial charge in [0.15, 0.2) is 0 Å². The smallest absolute Gasteiger partial charge is 0.441 e. The second-order valence-electron chi connectivity index (χ2n) is 4.28. The number of carbonyl (C=O) groups excluding carboxylic acids is 2. The number of rotatable bonds is 5. The molecule has 1 amide bonds. The number of ether oxygens (including phenoxy) is 1. The maximum Gasteiger partial charge on any atom is 0.441 e. The standard InChI is InChI=1S/C13H14ClF3N2O3/c1-3-22-11(21)12(13(15,16)17,18-8(2)20)19-10-6-4-9(14)5-7-10/h4-7,19H,3H2,1-2H3,(H,18,20). The predicted octanol–water partition coefficient (Wildman–Crippen LogP) is 2.71. The van der Waals surface area contributed by atoms with Crippen molar-refractivity contribution in [2.24, 2.45) is 0 Å². The first-order valence-corrected chi connectivity index (χ1v) is 6.56. The molecule has 0 bridgehead atoms. The van der Waals surface area contributed by atoms with Crippen LogP contribution in [0.1, 0.15) is 13.8 Å². The van der Waals surface area contributed by atoms with Gasteiger partial charge >= 0.3 is 17.8 Å². The van der Waals surface area contributed by atoms with E-state index in [1.54, 1.807) is 5.32 Å². The maximum atomic E-state index is 13.5. The van der Waals surface area contributed by atoms with E-state index in [4.69, 9.17) is 11.6 Å². The number of benzene rings is 1. The number of hydrogen-bond donors (Lipinski definition) is 2. The predicted molar refractivity (Wildman–Crippen MR) is 74.3 cm³/mol. The third-order valence-corrected chi connectivity index (χ3v) is 2.80. The van der Waals surface area contributed by atoms with Gasteiger partial charge in [0.05, 0.1) is 6.61 Å². The molecule has 1 aromatic rings. The Balaban J connectivity index is 3.31. The van der Waals surface area contributed by atoms with Gasteiger partial charge in [-0.3, -0.25) is 4.79 Å². The molecule has 0 heterocycles. The minimum Gasteiger partial charge on any atom is -0.463 e. The zero-order valence-electron chi connectivity index (χ0n) is 11.8. The number of carbonyl (C=O) groups is 2. The normalized spacial score (nSPS) is 13.9. The molecule has 122 valence electrons. The van der Waals surface area contributed by atoms with E-state index < -0.39 is 23.7 Å². The van der Waals surface area contributed by atoms with E-state index in [9.17, 15) is 22.8 Å². The van der Waals surface area contributed by atoms with Crippen LogP contribution < -0.4 is 10.6 Å². The van der Waals surface area contributed by atoms with Gasteiger partial charge in [0.1, 0.15) is 0 Å². The Labute approximate surface area is 129 Å². The molecule has 22 heavy (non-hydrogen) atoms. The molecule has 0 aromatic heterocycles. The summed E-state index contributed by atoms with van der Waals surface area (Å²) in [4.78, 5) is 23.1. The van der Waals surface area contributed by atoms with Crippen LogP contribution in [0.2, 0.25) is 5.02 Å². The van der Waals surface area contributed by atoms with Crippen molar-refractivity contribution in [2.75, 3.05) is 11.9 Å². The number of anilines is 1. The number of amides is 1. The molecule has 0 fully saturated rings. The third kappa shape index (κ3) is 4.03. The molecule has 1 aromatic carbocycles. The first kappa shape index (κ1) is 18.1. The number of alkyl halides is 3. The van der Waals surface area contributed by atoms with E-state index in [-0.39, 0.29) is 12.3 Å². The van der Waals surface area contributed by atoms with Gasteiger partial charge in [-0.25, -0.2) is 4.79 Å². The molecule has 0 radical (unpaired) electrons. The van der Waals surface area contributed by atoms with Crippen molar-refractivity contribution in [3.05, 3.63) is 29.3 Å². The Kier molecular flexibility index (Phi) is 5.65. The van der Waals surface area contributed by atoms with Crippen LogP contribution in [0, 0.1) is 0 Å². The molecule has 0 saturated carbocycles. The molecule has 0 aliphatic carbocycles. The lowest BCUT2D eigenvalue weighted by Crippen LogP contribution is -2.69. The highest BCUT2D eigenvalue weighted by molar-refractivity contribution is 6.30. The Morgan fingerprint density at radius 1 is 1.23 bits per heavy atom. The van der Waals surface area contributed by atoms with Crippen LogP contribution in [0.4, 0.5) is 18.9 Å². The fraction of sp³-hybridized carbons (Fsp3) is 0.385. The van der Waals surface area contributed by atoms with E-state index >= 15 is 0 Å². The van der Waals surface area contributed by atoms with Crippen molar-refractivity contribution in [2.45, 2.75) is 25.7 Å². The zero-order valence-corrected chi connectivity index (χ0v) is 12.5. The van der Waals surface area contributed by atoms with Gasteiger partial charge in [-0.2, -0.15) is 13.2 Å². The monoisotopic (exact) mass is 338 g/mol. The SMILES string of the molecule is CCOC(=O)C(NC(C)=O)(Nc1ccc(Cl)cc1)C(F)(F)F. The first-order chi connectivity index (χ1) is 10.1. The highest BCUT2D eigenvalue weighted by atomic mass is 35.5. The molecule has 0 spiro atoms. The van der Waals surface area contributed by atoms with E-state index in [1.807, 2.05) is 5.32 Å². The summed E-state index contributed by atoms with van der Waals surface area (Å²) in [6, 6.07) is 5.15. The van der Waals surface area contributed by atoms with Crippen molar-refractivity contribution >= 4 is 29.2 Å². The first-order valence-electron chi connectivity index (χ1n) is 6.19. The summed E-state index contributed by atoms with van der Waals surface area (Å²) in [6.07, 6.45) is -5.13. The van der Waals surface area contributed by atoms with Crippen LogP contribution in [0.25, 0.3) is 0 Å². The van der Waals surface area contributed by atoms with Crippen LogP contribution in [0.15, 0.2) is 24.3 Å². The van der Waals surface area contributed by atoms with Crippen LogP contribution >= 0.6 is 11.6 Å². The third-order valence-electron chi connectivity index (χ3n) is 2.55. The summed E-state index contributed by atoms with van der Waals surface area (Å²) in [6.45, 7) is 1.94. The summed E-state index contributed by atoms with van der Waals surface area (Å²) < 4.78 is 44.9. The molecule has 1 atom stereocenters. The maximum absolute atomic E-state index is 13.5. The van der Waals surface area contributed by atoms with Crippen molar-refractivity contribution in [1.82, 2.24) is 5.32 Å². The van der Waals surface area contributed by atoms with Gasteiger partial charge in [0.25, 0.3) is 0 Å². The summed E-state index contributed by atoms with van der Waals surface area (Å²) in [5, 5.41) is 3.89. The van der Waals surface area contributed by atoms with Crippen molar-refractivity contribution < 1.29 is 27.5 Å². The molecule has 1 unspecified atom stereocenters. The van der Waals surface area contributed by atoms with Gasteiger partial charge in [0, 0.05) is 17.6 Å². The van der Waals surface area contributed by atoms with E-state index in [0.717, 1.165) is 6.92 Å². The van der Waals surface area contributed by atoms with Gasteiger partial charge in [-0.1, -0.05) is 11.6 Å². The van der Waals surface area contributed by atoms with Crippen LogP contribution in [-0.4, -0.2) is 30.3 Å². The summed E-state index contributed by atoms with van der Waals surface area (Å²) >= 11 is 5.66. The quantitative estimate of drug-likeness (QED) is 0.640. The topological polar surface area (TPSA) is 67.4 Å². The summed E-state index contributed by atoms with van der Waals surface area (Å²) in [5.74, 6) is -2.71. The molecule has 0 aliphatic heterocycles. The lowest BCUT2D eigenvalue weighted by atomic mass is 10.1. The van der Waals surface area contributed by atoms with Gasteiger partial charge in [-0.15, -0.1) is 0 Å². The van der Waals surface area contributed by atoms with E-state index in [1.165, 1.54) is 31.2 Å². The molecule has 1 rings (SSSR count). The van der Waals surface area contributed by atoms with Crippen molar-refractivity contribution in [1.29, 1.82) is 0 Å². The second kappa shape index (κ2) is 6.87. The lowest BCUT2D eigenvalue weighted by molar-refractivity contribution is -0.207. The van der Waals surface area contributed by atoms with Crippen molar-refractivity contribution in [3.8, 4) is 0 Å². The summed E-state index contributed by atoms with van der Waals surface area (Å²) in [5.41, 5.74) is -3.45. The van der Waals surface area contributed by atoms with Crippen LogP contribution in [0.5, 0.6) is 0 Å². The minimum atomic E-state index is -5.13. The fourth-order valence-electron chi connectivity index (χ4n) is 1.64. The van der Waals surface area contributed by atoms with Crippen LogP contribution in [-0.2, 0) is 14.3 Å². The molecular formula is C13H14ClF3N2O3. The number of hydrogen-bond acceptors (Lipinski definition) is 4. The zero-order chi connectivity index (χ0) is 17.0. The number of halogens is 4. The largest absolute Gasteiger partial charge is 0.463 e. The molecule has 2 N–H and O–H groups in total. The Bertz CT molecular complexity index is 548. The molecule has 0 aliphatic rings. The number of nitrogens with one attached hydrogen (secondary N) is 2. The molecular weight excluding hydrogens is 325 g/mol. The minimum absolute atomic E-state index is 0.0662. The van der Waals surface area contributed by atoms with Gasteiger partial charge < -0.3 is 15.4 Å². The molecule has 0 saturated heterocycles. The molecule has 5 nitrogen and oxygen atoms in total. The Morgan fingerprint density at radius 2 is 1.77 bits per heavy atom. The fourth-order valence-corrected chi connectivity index (χ4v) is 1.77. The highest BCUT2D eigenvalue weighted by Gasteiger charge is 2.63. The van der Waals surface area contributed by atoms with E-state index in [2.05, 4.69) is 4.74 Å². The lowest BCUT2D eigenvalue weighted by Gasteiger charge is -2.35. The van der Waals surface area contributed by atoms with Gasteiger partial charge in [0.2, 0.25) is 5.91 Å². The van der Waals surface area contributed by atoms with Crippen LogP contribution in [0.3, 0.4) is 0 Å². The molecule has 9 heteroatoms. The highest BCUT2D eigenvalue weighted by Crippen LogP contribution is 2.33.